The standard InChI is InChI=1S/C17H20N2O4S/c1-12-10-16(13(2)23-12)24(21,22)19-9-8-18-17(20)11-15(19)14-6-4-3-5-7-14/h3-7,10,15H,8-9,11H2,1-2H3,(H,18,20)/t15-/m0/s1. The van der Waals surface area contributed by atoms with Crippen molar-refractivity contribution in [2.45, 2.75) is 31.2 Å². The van der Waals surface area contributed by atoms with Crippen LogP contribution in [0.1, 0.15) is 29.5 Å². The largest absolute Gasteiger partial charge is 0.465 e. The fourth-order valence-electron chi connectivity index (χ4n) is 3.05. The van der Waals surface area contributed by atoms with Gasteiger partial charge in [0.2, 0.25) is 15.9 Å². The first-order chi connectivity index (χ1) is 11.4. The molecule has 1 aliphatic rings. The molecular weight excluding hydrogens is 328 g/mol. The lowest BCUT2D eigenvalue weighted by Crippen LogP contribution is -2.36. The second kappa shape index (κ2) is 6.41. The Hall–Kier alpha value is -2.12. The molecule has 1 aromatic heterocycles. The van der Waals surface area contributed by atoms with Crippen LogP contribution in [0.15, 0.2) is 45.7 Å². The summed E-state index contributed by atoms with van der Waals surface area (Å²) in [5, 5.41) is 2.75. The molecule has 0 bridgehead atoms. The van der Waals surface area contributed by atoms with Crippen molar-refractivity contribution < 1.29 is 17.6 Å². The summed E-state index contributed by atoms with van der Waals surface area (Å²) in [5.41, 5.74) is 0.802. The third-order valence-corrected chi connectivity index (χ3v) is 6.16. The maximum absolute atomic E-state index is 13.2. The molecule has 3 rings (SSSR count). The lowest BCUT2D eigenvalue weighted by atomic mass is 10.0. The van der Waals surface area contributed by atoms with Crippen molar-refractivity contribution in [1.29, 1.82) is 0 Å². The van der Waals surface area contributed by atoms with Gasteiger partial charge in [0.05, 0.1) is 6.04 Å². The van der Waals surface area contributed by atoms with Crippen LogP contribution in [-0.2, 0) is 14.8 Å². The summed E-state index contributed by atoms with van der Waals surface area (Å²) in [6, 6.07) is 10.2. The lowest BCUT2D eigenvalue weighted by molar-refractivity contribution is -0.121. The van der Waals surface area contributed by atoms with E-state index < -0.39 is 16.1 Å². The summed E-state index contributed by atoms with van der Waals surface area (Å²) in [4.78, 5) is 12.2. The first-order valence-electron chi connectivity index (χ1n) is 7.80. The van der Waals surface area contributed by atoms with Crippen LogP contribution in [0.3, 0.4) is 0 Å². The zero-order valence-electron chi connectivity index (χ0n) is 13.7. The van der Waals surface area contributed by atoms with E-state index >= 15 is 0 Å². The summed E-state index contributed by atoms with van der Waals surface area (Å²) >= 11 is 0. The maximum Gasteiger partial charge on any atom is 0.247 e. The average molecular weight is 348 g/mol. The fraction of sp³-hybridized carbons (Fsp3) is 0.353. The summed E-state index contributed by atoms with van der Waals surface area (Å²) in [7, 11) is -3.77. The average Bonchev–Trinajstić information content (AvgIpc) is 2.77. The van der Waals surface area contributed by atoms with Crippen LogP contribution in [0.2, 0.25) is 0 Å². The lowest BCUT2D eigenvalue weighted by Gasteiger charge is -2.28. The summed E-state index contributed by atoms with van der Waals surface area (Å²) in [6.07, 6.45) is 0.0964. The van der Waals surface area contributed by atoms with E-state index in [0.29, 0.717) is 11.5 Å². The Balaban J connectivity index is 2.08. The number of amides is 1. The van der Waals surface area contributed by atoms with Crippen molar-refractivity contribution in [1.82, 2.24) is 9.62 Å². The Bertz CT molecular complexity index is 843. The molecule has 2 aromatic rings. The number of carbonyl (C=O) groups excluding carboxylic acids is 1. The monoisotopic (exact) mass is 348 g/mol. The highest BCUT2D eigenvalue weighted by molar-refractivity contribution is 7.89. The molecule has 0 saturated carbocycles. The minimum atomic E-state index is -3.77. The molecule has 0 radical (unpaired) electrons. The van der Waals surface area contributed by atoms with E-state index in [1.165, 1.54) is 10.4 Å². The number of hydrogen-bond acceptors (Lipinski definition) is 4. The second-order valence-electron chi connectivity index (χ2n) is 5.87. The van der Waals surface area contributed by atoms with Gasteiger partial charge in [-0.15, -0.1) is 0 Å². The zero-order valence-corrected chi connectivity index (χ0v) is 14.5. The van der Waals surface area contributed by atoms with Crippen molar-refractivity contribution in [3.63, 3.8) is 0 Å². The van der Waals surface area contributed by atoms with E-state index in [-0.39, 0.29) is 30.3 Å². The van der Waals surface area contributed by atoms with Crippen LogP contribution >= 0.6 is 0 Å². The summed E-state index contributed by atoms with van der Waals surface area (Å²) in [5.74, 6) is 0.760. The number of nitrogens with zero attached hydrogens (tertiary/aromatic N) is 1. The normalized spacial score (nSPS) is 19.8. The number of carbonyl (C=O) groups is 1. The molecule has 1 aromatic carbocycles. The van der Waals surface area contributed by atoms with Gasteiger partial charge >= 0.3 is 0 Å². The van der Waals surface area contributed by atoms with Crippen LogP contribution in [0.4, 0.5) is 0 Å². The Morgan fingerprint density at radius 3 is 2.54 bits per heavy atom. The number of furan rings is 1. The number of nitrogens with one attached hydrogen (secondary N) is 1. The van der Waals surface area contributed by atoms with Gasteiger partial charge in [-0.25, -0.2) is 8.42 Å². The highest BCUT2D eigenvalue weighted by atomic mass is 32.2. The summed E-state index contributed by atoms with van der Waals surface area (Å²) < 4.78 is 33.2. The SMILES string of the molecule is Cc1cc(S(=O)(=O)N2CCNC(=O)C[C@H]2c2ccccc2)c(C)o1. The predicted molar refractivity (Wildman–Crippen MR) is 88.9 cm³/mol. The fourth-order valence-corrected chi connectivity index (χ4v) is 4.88. The molecule has 7 heteroatoms. The second-order valence-corrected chi connectivity index (χ2v) is 7.73. The molecule has 1 saturated heterocycles. The zero-order chi connectivity index (χ0) is 17.3. The Morgan fingerprint density at radius 1 is 1.21 bits per heavy atom. The minimum absolute atomic E-state index is 0.0964. The van der Waals surface area contributed by atoms with Crippen LogP contribution in [-0.4, -0.2) is 31.7 Å². The van der Waals surface area contributed by atoms with E-state index in [2.05, 4.69) is 5.32 Å². The number of aryl methyl sites for hydroxylation is 2. The molecule has 0 spiro atoms. The van der Waals surface area contributed by atoms with Crippen LogP contribution in [0.25, 0.3) is 0 Å². The van der Waals surface area contributed by atoms with E-state index in [0.717, 1.165) is 5.56 Å². The van der Waals surface area contributed by atoms with Gasteiger partial charge in [-0.2, -0.15) is 4.31 Å². The topological polar surface area (TPSA) is 79.6 Å². The molecule has 1 aliphatic heterocycles. The number of benzene rings is 1. The molecule has 6 nitrogen and oxygen atoms in total. The predicted octanol–water partition coefficient (Wildman–Crippen LogP) is 2.15. The van der Waals surface area contributed by atoms with E-state index in [1.54, 1.807) is 13.8 Å². The summed E-state index contributed by atoms with van der Waals surface area (Å²) in [6.45, 7) is 3.86. The number of sulfonamides is 1. The first kappa shape index (κ1) is 16.7. The van der Waals surface area contributed by atoms with E-state index in [4.69, 9.17) is 4.42 Å². The minimum Gasteiger partial charge on any atom is -0.465 e. The van der Waals surface area contributed by atoms with E-state index in [1.807, 2.05) is 30.3 Å². The molecule has 1 amide bonds. The third-order valence-electron chi connectivity index (χ3n) is 4.15. The van der Waals surface area contributed by atoms with Crippen molar-refractivity contribution in [3.05, 3.63) is 53.5 Å². The van der Waals surface area contributed by atoms with Gasteiger partial charge in [-0.3, -0.25) is 4.79 Å². The number of rotatable bonds is 3. The molecule has 1 N–H and O–H groups in total. The van der Waals surface area contributed by atoms with E-state index in [9.17, 15) is 13.2 Å². The Kier molecular flexibility index (Phi) is 4.47. The molecule has 0 unspecified atom stereocenters. The molecule has 24 heavy (non-hydrogen) atoms. The van der Waals surface area contributed by atoms with Gasteiger partial charge in [0.25, 0.3) is 0 Å². The highest BCUT2D eigenvalue weighted by Gasteiger charge is 2.37. The number of hydrogen-bond donors (Lipinski definition) is 1. The van der Waals surface area contributed by atoms with Crippen LogP contribution in [0.5, 0.6) is 0 Å². The van der Waals surface area contributed by atoms with Gasteiger partial charge in [0, 0.05) is 19.5 Å². The molecular formula is C17H20N2O4S. The van der Waals surface area contributed by atoms with Crippen LogP contribution < -0.4 is 5.32 Å². The highest BCUT2D eigenvalue weighted by Crippen LogP contribution is 2.33. The quantitative estimate of drug-likeness (QED) is 0.922. The van der Waals surface area contributed by atoms with Gasteiger partial charge < -0.3 is 9.73 Å². The Morgan fingerprint density at radius 2 is 1.92 bits per heavy atom. The van der Waals surface area contributed by atoms with Crippen molar-refractivity contribution in [2.75, 3.05) is 13.1 Å². The third kappa shape index (κ3) is 3.09. The first-order valence-corrected chi connectivity index (χ1v) is 9.24. The van der Waals surface area contributed by atoms with Crippen molar-refractivity contribution in [3.8, 4) is 0 Å². The molecule has 2 heterocycles. The smallest absolute Gasteiger partial charge is 0.247 e. The van der Waals surface area contributed by atoms with Gasteiger partial charge in [0.1, 0.15) is 16.4 Å². The molecule has 0 aliphatic carbocycles. The van der Waals surface area contributed by atoms with Crippen molar-refractivity contribution >= 4 is 15.9 Å². The van der Waals surface area contributed by atoms with Crippen molar-refractivity contribution in [2.24, 2.45) is 0 Å². The molecule has 128 valence electrons. The maximum atomic E-state index is 13.2. The van der Waals surface area contributed by atoms with Crippen LogP contribution in [0, 0.1) is 13.8 Å². The molecule has 1 atom stereocenters. The van der Waals surface area contributed by atoms with Gasteiger partial charge in [-0.1, -0.05) is 30.3 Å². The van der Waals surface area contributed by atoms with Gasteiger partial charge in [-0.05, 0) is 25.5 Å². The Labute approximate surface area is 141 Å². The van der Waals surface area contributed by atoms with Gasteiger partial charge in [0.15, 0.2) is 0 Å². The molecule has 1 fully saturated rings.